The van der Waals surface area contributed by atoms with Crippen LogP contribution in [0.1, 0.15) is 138 Å². The molecule has 0 unspecified atom stereocenters. The van der Waals surface area contributed by atoms with Crippen molar-refractivity contribution in [3.05, 3.63) is 36.4 Å². The Morgan fingerprint density at radius 3 is 1.28 bits per heavy atom. The molecule has 0 bridgehead atoms. The van der Waals surface area contributed by atoms with Crippen LogP contribution in [-0.2, 0) is 9.53 Å². The van der Waals surface area contributed by atoms with Gasteiger partial charge in [-0.25, -0.2) is 0 Å². The fraction of sp³-hybridized carbons (Fsp3) is 0.481. The summed E-state index contributed by atoms with van der Waals surface area (Å²) >= 11 is 0. The average molecular weight is 815 g/mol. The van der Waals surface area contributed by atoms with E-state index in [1.807, 2.05) is 30.3 Å². The molecular formula is C52H62O8. The summed E-state index contributed by atoms with van der Waals surface area (Å²) in [5.41, 5.74) is 0. The maximum absolute atomic E-state index is 12.4. The van der Waals surface area contributed by atoms with E-state index in [1.54, 1.807) is 19.9 Å². The fourth-order valence-corrected chi connectivity index (χ4v) is 6.83. The second kappa shape index (κ2) is 27.2. The molecule has 0 spiro atoms. The Kier molecular flexibility index (Phi) is 21.3. The second-order valence-corrected chi connectivity index (χ2v) is 14.6. The third-order valence-electron chi connectivity index (χ3n) is 9.88. The topological polar surface area (TPSA) is 81.7 Å². The molecule has 318 valence electrons. The van der Waals surface area contributed by atoms with Crippen molar-refractivity contribution < 1.29 is 38.0 Å². The van der Waals surface area contributed by atoms with Crippen LogP contribution >= 0.6 is 0 Å². The number of hydrogen-bond donors (Lipinski definition) is 0. The third kappa shape index (κ3) is 14.9. The summed E-state index contributed by atoms with van der Waals surface area (Å²) in [4.78, 5) is 12.4. The van der Waals surface area contributed by atoms with E-state index in [0.717, 1.165) is 83.7 Å². The molecule has 8 heteroatoms. The predicted molar refractivity (Wildman–Crippen MR) is 243 cm³/mol. The zero-order valence-corrected chi connectivity index (χ0v) is 36.7. The van der Waals surface area contributed by atoms with E-state index in [-0.39, 0.29) is 18.3 Å². The molecule has 0 aliphatic carbocycles. The molecule has 0 amide bonds. The van der Waals surface area contributed by atoms with E-state index < -0.39 is 5.97 Å². The fourth-order valence-electron chi connectivity index (χ4n) is 6.83. The predicted octanol–water partition coefficient (Wildman–Crippen LogP) is 12.8. The molecule has 0 aromatic heterocycles. The quantitative estimate of drug-likeness (QED) is 0.0155. The van der Waals surface area contributed by atoms with E-state index in [1.165, 1.54) is 51.9 Å². The number of ether oxygens (including phenoxy) is 7. The molecule has 0 atom stereocenters. The maximum atomic E-state index is 12.4. The lowest BCUT2D eigenvalue weighted by Crippen LogP contribution is -2.07. The van der Waals surface area contributed by atoms with E-state index in [0.29, 0.717) is 42.8 Å². The van der Waals surface area contributed by atoms with Gasteiger partial charge in [0.05, 0.1) is 19.8 Å². The Hall–Kier alpha value is -5.67. The molecule has 4 aromatic rings. The standard InChI is InChI=1S/C52H62O8/c1-7-12-17-18-19-20-21-22-27-28-54-39-59-50-36-44-42(35-49(50)57-31-25-15-10-4)41-33-47(55-29-23-13-8-2)48(56-30-24-14-9-3)34-43(41)46-38-52(60-40(6)53)51(37-45(44)46)58-32-26-16-11-5/h33-38H,7-8,10,12-13,15,17-23,25,27-29,31,39H2,1-6H3. The summed E-state index contributed by atoms with van der Waals surface area (Å²) in [7, 11) is 0. The summed E-state index contributed by atoms with van der Waals surface area (Å²) in [6, 6.07) is 11.5. The zero-order chi connectivity index (χ0) is 42.8. The van der Waals surface area contributed by atoms with Crippen LogP contribution < -0.4 is 28.4 Å². The van der Waals surface area contributed by atoms with Crippen molar-refractivity contribution >= 4 is 38.3 Å². The minimum atomic E-state index is -0.507. The number of esters is 1. The maximum Gasteiger partial charge on any atom is 0.308 e. The molecule has 0 aliphatic heterocycles. The first-order valence-corrected chi connectivity index (χ1v) is 21.8. The monoisotopic (exact) mass is 814 g/mol. The van der Waals surface area contributed by atoms with Crippen LogP contribution in [0.25, 0.3) is 32.3 Å². The van der Waals surface area contributed by atoms with Crippen molar-refractivity contribution in [2.24, 2.45) is 0 Å². The van der Waals surface area contributed by atoms with Gasteiger partial charge in [0.1, 0.15) is 12.2 Å². The Balaban J connectivity index is 1.86. The van der Waals surface area contributed by atoms with Gasteiger partial charge in [0.2, 0.25) is 0 Å². The van der Waals surface area contributed by atoms with Crippen molar-refractivity contribution in [3.8, 4) is 82.2 Å². The molecule has 0 radical (unpaired) electrons. The number of fused-ring (bicyclic) bond motifs is 6. The molecule has 60 heavy (non-hydrogen) atoms. The van der Waals surface area contributed by atoms with Gasteiger partial charge in [-0.05, 0) is 114 Å². The SMILES string of the molecule is CC#CC#COc1cc2c(cc1OCCCCC)c1cc(OCCCCC)c(OCOCCCCCCCCCCC)cc1c1cc(OC#CC#CC)c(OC(C)=O)cc21. The van der Waals surface area contributed by atoms with Gasteiger partial charge in [0.25, 0.3) is 0 Å². The van der Waals surface area contributed by atoms with Crippen LogP contribution in [-0.4, -0.2) is 32.6 Å². The molecule has 0 N–H and O–H groups in total. The smallest absolute Gasteiger partial charge is 0.308 e. The molecule has 0 saturated carbocycles. The van der Waals surface area contributed by atoms with Crippen molar-refractivity contribution in [2.45, 2.75) is 138 Å². The van der Waals surface area contributed by atoms with E-state index >= 15 is 0 Å². The number of hydrogen-bond acceptors (Lipinski definition) is 8. The van der Waals surface area contributed by atoms with Crippen LogP contribution in [0.2, 0.25) is 0 Å². The molecule has 0 fully saturated rings. The summed E-state index contributed by atoms with van der Waals surface area (Å²) in [5.74, 6) is 18.4. The number of benzene rings is 4. The average Bonchev–Trinajstić information content (AvgIpc) is 3.24. The molecule has 8 nitrogen and oxygen atoms in total. The van der Waals surface area contributed by atoms with Gasteiger partial charge < -0.3 is 33.2 Å². The normalized spacial score (nSPS) is 10.4. The van der Waals surface area contributed by atoms with E-state index in [4.69, 9.17) is 33.2 Å². The lowest BCUT2D eigenvalue weighted by Gasteiger charge is -2.19. The van der Waals surface area contributed by atoms with E-state index in [2.05, 4.69) is 68.5 Å². The summed E-state index contributed by atoms with van der Waals surface area (Å²) in [5, 5.41) is 4.94. The molecular weight excluding hydrogens is 753 g/mol. The van der Waals surface area contributed by atoms with Crippen LogP contribution in [0.3, 0.4) is 0 Å². The van der Waals surface area contributed by atoms with Gasteiger partial charge in [-0.15, -0.1) is 0 Å². The van der Waals surface area contributed by atoms with Gasteiger partial charge in [-0.3, -0.25) is 4.79 Å². The zero-order valence-electron chi connectivity index (χ0n) is 36.7. The highest BCUT2D eigenvalue weighted by molar-refractivity contribution is 6.27. The van der Waals surface area contributed by atoms with Gasteiger partial charge >= 0.3 is 5.97 Å². The van der Waals surface area contributed by atoms with Gasteiger partial charge in [0.15, 0.2) is 41.3 Å². The Morgan fingerprint density at radius 1 is 0.450 bits per heavy atom. The molecule has 0 heterocycles. The Morgan fingerprint density at radius 2 is 0.817 bits per heavy atom. The summed E-state index contributed by atoms with van der Waals surface area (Å²) < 4.78 is 42.8. The summed E-state index contributed by atoms with van der Waals surface area (Å²) in [6.45, 7) is 13.1. The van der Waals surface area contributed by atoms with Crippen molar-refractivity contribution in [1.82, 2.24) is 0 Å². The van der Waals surface area contributed by atoms with Crippen LogP contribution in [0.4, 0.5) is 0 Å². The summed E-state index contributed by atoms with van der Waals surface area (Å²) in [6.07, 6.45) is 22.5. The van der Waals surface area contributed by atoms with Crippen LogP contribution in [0, 0.1) is 47.7 Å². The third-order valence-corrected chi connectivity index (χ3v) is 9.88. The second-order valence-electron chi connectivity index (χ2n) is 14.6. The number of carbonyl (C=O) groups excluding carboxylic acids is 1. The minimum absolute atomic E-state index is 0.0816. The molecule has 4 aromatic carbocycles. The highest BCUT2D eigenvalue weighted by Crippen LogP contribution is 2.47. The lowest BCUT2D eigenvalue weighted by molar-refractivity contribution is -0.131. The lowest BCUT2D eigenvalue weighted by atomic mass is 9.93. The number of carbonyl (C=O) groups is 1. The molecule has 0 saturated heterocycles. The highest BCUT2D eigenvalue weighted by Gasteiger charge is 2.21. The van der Waals surface area contributed by atoms with Gasteiger partial charge in [-0.1, -0.05) is 110 Å². The number of unbranched alkanes of at least 4 members (excludes halogenated alkanes) is 12. The first-order valence-electron chi connectivity index (χ1n) is 21.8. The largest absolute Gasteiger partial charge is 0.490 e. The van der Waals surface area contributed by atoms with Gasteiger partial charge in [0, 0.05) is 18.8 Å². The first kappa shape index (κ1) is 47.0. The Labute approximate surface area is 358 Å². The van der Waals surface area contributed by atoms with Crippen molar-refractivity contribution in [1.29, 1.82) is 0 Å². The van der Waals surface area contributed by atoms with Crippen LogP contribution in [0.15, 0.2) is 36.4 Å². The van der Waals surface area contributed by atoms with Crippen molar-refractivity contribution in [3.63, 3.8) is 0 Å². The number of rotatable bonds is 26. The van der Waals surface area contributed by atoms with Crippen molar-refractivity contribution in [2.75, 3.05) is 26.6 Å². The molecule has 4 rings (SSSR count). The minimum Gasteiger partial charge on any atom is -0.490 e. The first-order chi connectivity index (χ1) is 29.4. The van der Waals surface area contributed by atoms with E-state index in [9.17, 15) is 4.79 Å². The van der Waals surface area contributed by atoms with Gasteiger partial charge in [-0.2, -0.15) is 0 Å². The Bertz CT molecular complexity index is 2260. The highest BCUT2D eigenvalue weighted by atomic mass is 16.7. The van der Waals surface area contributed by atoms with Crippen LogP contribution in [0.5, 0.6) is 34.5 Å². The molecule has 0 aliphatic rings.